The number of hydrogen-bond donors (Lipinski definition) is 0. The number of esters is 2. The summed E-state index contributed by atoms with van der Waals surface area (Å²) in [4.78, 5) is 23.6. The van der Waals surface area contributed by atoms with Gasteiger partial charge in [0.2, 0.25) is 0 Å². The molecular weight excluding hydrogens is 320 g/mol. The number of carbonyl (C=O) groups excluding carboxylic acids is 2. The molecule has 5 nitrogen and oxygen atoms in total. The first-order valence-corrected chi connectivity index (χ1v) is 8.72. The number of hydrogen-bond acceptors (Lipinski definition) is 5. The Hall–Kier alpha value is -2.04. The summed E-state index contributed by atoms with van der Waals surface area (Å²) in [7, 11) is 0. The molecular formula is C20H28O5. The fourth-order valence-electron chi connectivity index (χ4n) is 3.56. The first-order valence-electron chi connectivity index (χ1n) is 8.72. The molecule has 0 unspecified atom stereocenters. The van der Waals surface area contributed by atoms with E-state index in [-0.39, 0.29) is 36.0 Å². The van der Waals surface area contributed by atoms with Crippen molar-refractivity contribution in [2.24, 2.45) is 11.8 Å². The van der Waals surface area contributed by atoms with Crippen LogP contribution in [0.4, 0.5) is 0 Å². The van der Waals surface area contributed by atoms with Gasteiger partial charge in [0, 0.05) is 19.8 Å². The van der Waals surface area contributed by atoms with Crippen LogP contribution in [-0.2, 0) is 23.8 Å². The van der Waals surface area contributed by atoms with Gasteiger partial charge in [-0.3, -0.25) is 9.59 Å². The van der Waals surface area contributed by atoms with Crippen molar-refractivity contribution in [3.63, 3.8) is 0 Å². The van der Waals surface area contributed by atoms with Gasteiger partial charge in [0.05, 0.1) is 17.6 Å². The van der Waals surface area contributed by atoms with Crippen LogP contribution >= 0.6 is 0 Å². The van der Waals surface area contributed by atoms with E-state index in [0.717, 1.165) is 11.1 Å². The van der Waals surface area contributed by atoms with Crippen molar-refractivity contribution in [2.45, 2.75) is 65.8 Å². The van der Waals surface area contributed by atoms with Gasteiger partial charge in [0.15, 0.2) is 0 Å². The lowest BCUT2D eigenvalue weighted by Gasteiger charge is -2.30. The van der Waals surface area contributed by atoms with Crippen molar-refractivity contribution in [3.05, 3.63) is 35.6 Å². The molecule has 5 atom stereocenters. The van der Waals surface area contributed by atoms with Gasteiger partial charge in [-0.15, -0.1) is 0 Å². The molecule has 0 saturated carbocycles. The molecule has 1 saturated heterocycles. The lowest BCUT2D eigenvalue weighted by Crippen LogP contribution is -2.34. The molecule has 0 aromatic heterocycles. The Morgan fingerprint density at radius 2 is 1.96 bits per heavy atom. The molecule has 1 heterocycles. The Morgan fingerprint density at radius 1 is 1.28 bits per heavy atom. The maximum absolute atomic E-state index is 12.2. The maximum Gasteiger partial charge on any atom is 0.309 e. The van der Waals surface area contributed by atoms with Crippen molar-refractivity contribution in [2.75, 3.05) is 0 Å². The van der Waals surface area contributed by atoms with Gasteiger partial charge >= 0.3 is 11.9 Å². The van der Waals surface area contributed by atoms with E-state index in [1.54, 1.807) is 0 Å². The fraction of sp³-hybridized carbons (Fsp3) is 0.600. The van der Waals surface area contributed by atoms with E-state index in [4.69, 9.17) is 14.2 Å². The average Bonchev–Trinajstić information content (AvgIpc) is 2.75. The Labute approximate surface area is 149 Å². The highest BCUT2D eigenvalue weighted by Gasteiger charge is 2.46. The van der Waals surface area contributed by atoms with E-state index in [0.29, 0.717) is 18.6 Å². The number of ether oxygens (including phenoxy) is 3. The summed E-state index contributed by atoms with van der Waals surface area (Å²) in [6, 6.07) is 0. The third-order valence-electron chi connectivity index (χ3n) is 4.81. The molecule has 0 spiro atoms. The normalized spacial score (nSPS) is 36.8. The molecule has 0 amide bonds. The van der Waals surface area contributed by atoms with Crippen molar-refractivity contribution < 1.29 is 23.8 Å². The van der Waals surface area contributed by atoms with Crippen LogP contribution in [0.3, 0.4) is 0 Å². The molecule has 0 aromatic carbocycles. The first-order chi connectivity index (χ1) is 11.7. The summed E-state index contributed by atoms with van der Waals surface area (Å²) < 4.78 is 17.0. The van der Waals surface area contributed by atoms with Crippen LogP contribution < -0.4 is 0 Å². The van der Waals surface area contributed by atoms with Gasteiger partial charge in [-0.05, 0) is 32.4 Å². The third-order valence-corrected chi connectivity index (χ3v) is 4.81. The highest BCUT2D eigenvalue weighted by atomic mass is 16.6. The van der Waals surface area contributed by atoms with Crippen molar-refractivity contribution in [3.8, 4) is 0 Å². The highest BCUT2D eigenvalue weighted by Crippen LogP contribution is 2.38. The SMILES string of the molecule is C=C(C)O[C@H]1C/C(C)=C/C[C@@H](OC(C)=O)/C(C)=C/[C@H]2OC(=O)[C@@H](C)[C@H]12. The predicted octanol–water partition coefficient (Wildman–Crippen LogP) is 3.70. The lowest BCUT2D eigenvalue weighted by atomic mass is 9.82. The number of allylic oxidation sites excluding steroid dienone is 1. The van der Waals surface area contributed by atoms with Gasteiger partial charge in [0.25, 0.3) is 0 Å². The average molecular weight is 348 g/mol. The minimum atomic E-state index is -0.393. The zero-order chi connectivity index (χ0) is 18.7. The van der Waals surface area contributed by atoms with Crippen LogP contribution in [0.1, 0.15) is 47.5 Å². The zero-order valence-electron chi connectivity index (χ0n) is 15.7. The van der Waals surface area contributed by atoms with Crippen LogP contribution in [-0.4, -0.2) is 30.3 Å². The molecule has 1 aliphatic carbocycles. The second kappa shape index (κ2) is 7.89. The summed E-state index contributed by atoms with van der Waals surface area (Å²) in [5.41, 5.74) is 2.01. The first kappa shape index (κ1) is 19.3. The Bertz CT molecular complexity index is 616. The largest absolute Gasteiger partial charge is 0.495 e. The Morgan fingerprint density at radius 3 is 2.56 bits per heavy atom. The summed E-state index contributed by atoms with van der Waals surface area (Å²) in [6.45, 7) is 12.9. The van der Waals surface area contributed by atoms with Gasteiger partial charge in [-0.2, -0.15) is 0 Å². The molecule has 5 heteroatoms. The van der Waals surface area contributed by atoms with Gasteiger partial charge in [-0.25, -0.2) is 0 Å². The molecule has 0 bridgehead atoms. The van der Waals surface area contributed by atoms with Gasteiger partial charge in [0.1, 0.15) is 18.3 Å². The summed E-state index contributed by atoms with van der Waals surface area (Å²) in [5.74, 6) is -0.299. The van der Waals surface area contributed by atoms with Crippen LogP contribution in [0.5, 0.6) is 0 Å². The maximum atomic E-state index is 12.2. The van der Waals surface area contributed by atoms with Crippen molar-refractivity contribution in [1.29, 1.82) is 0 Å². The molecule has 2 aliphatic rings. The van der Waals surface area contributed by atoms with Gasteiger partial charge < -0.3 is 14.2 Å². The summed E-state index contributed by atoms with van der Waals surface area (Å²) >= 11 is 0. The monoisotopic (exact) mass is 348 g/mol. The van der Waals surface area contributed by atoms with Gasteiger partial charge in [-0.1, -0.05) is 25.2 Å². The molecule has 2 rings (SSSR count). The van der Waals surface area contributed by atoms with E-state index in [9.17, 15) is 9.59 Å². The number of fused-ring (bicyclic) bond motifs is 1. The van der Waals surface area contributed by atoms with Crippen LogP contribution in [0.25, 0.3) is 0 Å². The zero-order valence-corrected chi connectivity index (χ0v) is 15.7. The topological polar surface area (TPSA) is 61.8 Å². The second-order valence-electron chi connectivity index (χ2n) is 7.12. The standard InChI is InChI=1S/C20H28O5/c1-11(2)23-17-9-12(3)7-8-16(24-15(6)21)13(4)10-18-19(17)14(5)20(22)25-18/h7,10,14,16-19H,1,8-9H2,2-6H3/b12-7+,13-10+/t14-,16+,17-,18+,19+/m0/s1. The van der Waals surface area contributed by atoms with Crippen molar-refractivity contribution in [1.82, 2.24) is 0 Å². The summed E-state index contributed by atoms with van der Waals surface area (Å²) in [6.07, 6.45) is 4.32. The Kier molecular flexibility index (Phi) is 6.09. The molecule has 1 fully saturated rings. The fourth-order valence-corrected chi connectivity index (χ4v) is 3.56. The number of carbonyl (C=O) groups is 2. The van der Waals surface area contributed by atoms with Crippen LogP contribution in [0.15, 0.2) is 35.6 Å². The molecule has 25 heavy (non-hydrogen) atoms. The van der Waals surface area contributed by atoms with E-state index >= 15 is 0 Å². The molecule has 1 aliphatic heterocycles. The summed E-state index contributed by atoms with van der Waals surface area (Å²) in [5, 5.41) is 0. The predicted molar refractivity (Wildman–Crippen MR) is 94.5 cm³/mol. The Balaban J connectivity index is 2.41. The lowest BCUT2D eigenvalue weighted by molar-refractivity contribution is -0.145. The molecule has 0 N–H and O–H groups in total. The van der Waals surface area contributed by atoms with Crippen molar-refractivity contribution >= 4 is 11.9 Å². The third kappa shape index (κ3) is 4.74. The minimum absolute atomic E-state index is 0.112. The van der Waals surface area contributed by atoms with Crippen LogP contribution in [0, 0.1) is 11.8 Å². The minimum Gasteiger partial charge on any atom is -0.495 e. The number of rotatable bonds is 3. The van der Waals surface area contributed by atoms with E-state index in [1.807, 2.05) is 33.8 Å². The molecule has 0 radical (unpaired) electrons. The molecule has 138 valence electrons. The quantitative estimate of drug-likeness (QED) is 0.442. The van der Waals surface area contributed by atoms with E-state index in [1.165, 1.54) is 6.92 Å². The van der Waals surface area contributed by atoms with Crippen LogP contribution in [0.2, 0.25) is 0 Å². The highest BCUT2D eigenvalue weighted by molar-refractivity contribution is 5.75. The smallest absolute Gasteiger partial charge is 0.309 e. The van der Waals surface area contributed by atoms with E-state index < -0.39 is 6.10 Å². The molecule has 0 aromatic rings. The van der Waals surface area contributed by atoms with E-state index in [2.05, 4.69) is 12.7 Å². The second-order valence-corrected chi connectivity index (χ2v) is 7.12.